The molecule has 23 heavy (non-hydrogen) atoms. The number of benzene rings is 2. The Morgan fingerprint density at radius 1 is 1.04 bits per heavy atom. The zero-order valence-corrected chi connectivity index (χ0v) is 14.5. The summed E-state index contributed by atoms with van der Waals surface area (Å²) in [6.45, 7) is 1.01. The van der Waals surface area contributed by atoms with Gasteiger partial charge < -0.3 is 4.90 Å². The molecule has 0 amide bonds. The van der Waals surface area contributed by atoms with Crippen molar-refractivity contribution < 1.29 is 8.42 Å². The molecule has 0 fully saturated rings. The topological polar surface area (TPSA) is 37.4 Å². The normalized spacial score (nSPS) is 18.0. The fraction of sp³-hybridized carbons (Fsp3) is 0.368. The molecule has 2 aromatic carbocycles. The Hall–Kier alpha value is -1.65. The monoisotopic (exact) mass is 329 g/mol. The summed E-state index contributed by atoms with van der Waals surface area (Å²) in [5.74, 6) is 0.502. The van der Waals surface area contributed by atoms with Crippen LogP contribution in [-0.4, -0.2) is 34.0 Å². The second kappa shape index (κ2) is 6.46. The Bertz CT molecular complexity index is 782. The molecule has 3 rings (SSSR count). The van der Waals surface area contributed by atoms with Crippen molar-refractivity contribution in [2.24, 2.45) is 0 Å². The minimum atomic E-state index is -3.42. The van der Waals surface area contributed by atoms with E-state index in [1.54, 1.807) is 30.3 Å². The van der Waals surface area contributed by atoms with Gasteiger partial charge >= 0.3 is 0 Å². The number of likely N-dealkylation sites (N-methyl/N-ethyl adjacent to an activating group) is 1. The zero-order valence-electron chi connectivity index (χ0n) is 13.7. The lowest BCUT2D eigenvalue weighted by atomic mass is 9.82. The highest BCUT2D eigenvalue weighted by Crippen LogP contribution is 2.34. The average Bonchev–Trinajstić information content (AvgIpc) is 2.55. The van der Waals surface area contributed by atoms with Gasteiger partial charge in [0.1, 0.15) is 0 Å². The second-order valence-electron chi connectivity index (χ2n) is 6.53. The van der Waals surface area contributed by atoms with Crippen molar-refractivity contribution in [2.45, 2.75) is 35.0 Å². The first-order chi connectivity index (χ1) is 11.0. The van der Waals surface area contributed by atoms with Gasteiger partial charge in [-0.25, -0.2) is 8.42 Å². The van der Waals surface area contributed by atoms with Crippen molar-refractivity contribution in [3.63, 3.8) is 0 Å². The van der Waals surface area contributed by atoms with Crippen LogP contribution < -0.4 is 0 Å². The van der Waals surface area contributed by atoms with Crippen molar-refractivity contribution in [2.75, 3.05) is 20.6 Å². The summed E-state index contributed by atoms with van der Waals surface area (Å²) in [4.78, 5) is 2.97. The van der Waals surface area contributed by atoms with Gasteiger partial charge in [0, 0.05) is 6.54 Å². The summed E-state index contributed by atoms with van der Waals surface area (Å²) in [6.07, 6.45) is 3.27. The van der Waals surface area contributed by atoms with Crippen LogP contribution in [0.3, 0.4) is 0 Å². The van der Waals surface area contributed by atoms with E-state index in [0.717, 1.165) is 19.4 Å². The minimum absolute atomic E-state index is 0.362. The van der Waals surface area contributed by atoms with E-state index in [1.807, 2.05) is 18.2 Å². The van der Waals surface area contributed by atoms with Gasteiger partial charge in [0.25, 0.3) is 0 Å². The summed E-state index contributed by atoms with van der Waals surface area (Å²) < 4.78 is 25.5. The maximum absolute atomic E-state index is 12.8. The van der Waals surface area contributed by atoms with Gasteiger partial charge in [-0.05, 0) is 74.7 Å². The first-order valence-electron chi connectivity index (χ1n) is 8.06. The molecule has 1 aliphatic rings. The van der Waals surface area contributed by atoms with Crippen LogP contribution in [0, 0.1) is 0 Å². The average molecular weight is 329 g/mol. The summed E-state index contributed by atoms with van der Waals surface area (Å²) in [5.41, 5.74) is 2.51. The summed E-state index contributed by atoms with van der Waals surface area (Å²) >= 11 is 0. The highest BCUT2D eigenvalue weighted by molar-refractivity contribution is 7.91. The van der Waals surface area contributed by atoms with Gasteiger partial charge in [0.05, 0.1) is 9.79 Å². The highest BCUT2D eigenvalue weighted by atomic mass is 32.2. The Morgan fingerprint density at radius 3 is 2.48 bits per heavy atom. The van der Waals surface area contributed by atoms with E-state index < -0.39 is 9.84 Å². The quantitative estimate of drug-likeness (QED) is 0.861. The molecule has 4 heteroatoms. The van der Waals surface area contributed by atoms with E-state index in [2.05, 4.69) is 19.0 Å². The molecule has 0 N–H and O–H groups in total. The van der Waals surface area contributed by atoms with Crippen LogP contribution in [0.15, 0.2) is 58.3 Å². The number of sulfone groups is 1. The predicted molar refractivity (Wildman–Crippen MR) is 92.6 cm³/mol. The molecule has 0 radical (unpaired) electrons. The number of aryl methyl sites for hydroxylation is 1. The van der Waals surface area contributed by atoms with Crippen LogP contribution in [0.5, 0.6) is 0 Å². The maximum Gasteiger partial charge on any atom is 0.206 e. The van der Waals surface area contributed by atoms with Crippen molar-refractivity contribution in [1.29, 1.82) is 0 Å². The molecular formula is C19H23NO2S. The molecular weight excluding hydrogens is 306 g/mol. The van der Waals surface area contributed by atoms with Crippen LogP contribution in [0.4, 0.5) is 0 Å². The molecule has 0 bridgehead atoms. The van der Waals surface area contributed by atoms with E-state index in [1.165, 1.54) is 17.5 Å². The molecule has 1 unspecified atom stereocenters. The molecule has 0 aliphatic heterocycles. The first kappa shape index (κ1) is 16.2. The van der Waals surface area contributed by atoms with Gasteiger partial charge in [-0.1, -0.05) is 24.3 Å². The van der Waals surface area contributed by atoms with Gasteiger partial charge in [-0.3, -0.25) is 0 Å². The largest absolute Gasteiger partial charge is 0.309 e. The number of fused-ring (bicyclic) bond motifs is 1. The molecule has 0 heterocycles. The van der Waals surface area contributed by atoms with Gasteiger partial charge in [0.2, 0.25) is 9.84 Å². The lowest BCUT2D eigenvalue weighted by Gasteiger charge is -2.28. The fourth-order valence-electron chi connectivity index (χ4n) is 3.42. The molecule has 3 nitrogen and oxygen atoms in total. The third-order valence-electron chi connectivity index (χ3n) is 4.50. The Balaban J connectivity index is 1.98. The van der Waals surface area contributed by atoms with Crippen LogP contribution in [-0.2, 0) is 16.3 Å². The van der Waals surface area contributed by atoms with E-state index >= 15 is 0 Å². The molecule has 0 saturated heterocycles. The lowest BCUT2D eigenvalue weighted by molar-refractivity contribution is 0.352. The van der Waals surface area contributed by atoms with Gasteiger partial charge in [-0.2, -0.15) is 0 Å². The van der Waals surface area contributed by atoms with Gasteiger partial charge in [0.15, 0.2) is 0 Å². The van der Waals surface area contributed by atoms with E-state index in [4.69, 9.17) is 0 Å². The molecule has 122 valence electrons. The fourth-order valence-corrected chi connectivity index (χ4v) is 4.76. The zero-order chi connectivity index (χ0) is 16.4. The van der Waals surface area contributed by atoms with Crippen LogP contribution in [0.2, 0.25) is 0 Å². The molecule has 1 atom stereocenters. The predicted octanol–water partition coefficient (Wildman–Crippen LogP) is 3.50. The number of rotatable bonds is 4. The molecule has 2 aromatic rings. The lowest BCUT2D eigenvalue weighted by Crippen LogP contribution is -2.23. The number of nitrogens with zero attached hydrogens (tertiary/aromatic N) is 1. The van der Waals surface area contributed by atoms with E-state index in [0.29, 0.717) is 15.7 Å². The third kappa shape index (κ3) is 3.33. The summed E-state index contributed by atoms with van der Waals surface area (Å²) in [5, 5.41) is 0. The number of hydrogen-bond donors (Lipinski definition) is 0. The molecule has 0 aromatic heterocycles. The second-order valence-corrected chi connectivity index (χ2v) is 8.48. The molecule has 0 saturated carbocycles. The Kier molecular flexibility index (Phi) is 4.55. The van der Waals surface area contributed by atoms with Crippen molar-refractivity contribution in [3.8, 4) is 0 Å². The van der Waals surface area contributed by atoms with Crippen molar-refractivity contribution in [1.82, 2.24) is 4.90 Å². The van der Waals surface area contributed by atoms with Crippen LogP contribution in [0.1, 0.15) is 29.9 Å². The van der Waals surface area contributed by atoms with Crippen molar-refractivity contribution in [3.05, 3.63) is 59.7 Å². The smallest absolute Gasteiger partial charge is 0.206 e. The maximum atomic E-state index is 12.8. The first-order valence-corrected chi connectivity index (χ1v) is 9.54. The van der Waals surface area contributed by atoms with Crippen LogP contribution in [0.25, 0.3) is 0 Å². The molecule has 0 spiro atoms. The molecule has 1 aliphatic carbocycles. The van der Waals surface area contributed by atoms with Gasteiger partial charge in [-0.15, -0.1) is 0 Å². The SMILES string of the molecule is CN(C)CC1CCCc2cc(S(=O)(=O)c3ccccc3)ccc21. The van der Waals surface area contributed by atoms with Crippen molar-refractivity contribution >= 4 is 9.84 Å². The third-order valence-corrected chi connectivity index (χ3v) is 6.27. The van der Waals surface area contributed by atoms with Crippen LogP contribution >= 0.6 is 0 Å². The summed E-state index contributed by atoms with van der Waals surface area (Å²) in [7, 11) is 0.748. The Morgan fingerprint density at radius 2 is 1.78 bits per heavy atom. The minimum Gasteiger partial charge on any atom is -0.309 e. The standard InChI is InChI=1S/C19H23NO2S/c1-20(2)14-16-8-6-7-15-13-18(11-12-19(15)16)23(21,22)17-9-4-3-5-10-17/h3-5,9-13,16H,6-8,14H2,1-2H3. The Labute approximate surface area is 138 Å². The van der Waals surface area contributed by atoms with E-state index in [-0.39, 0.29) is 0 Å². The number of hydrogen-bond acceptors (Lipinski definition) is 3. The highest BCUT2D eigenvalue weighted by Gasteiger charge is 2.24. The van der Waals surface area contributed by atoms with E-state index in [9.17, 15) is 8.42 Å². The summed E-state index contributed by atoms with van der Waals surface area (Å²) in [6, 6.07) is 14.4.